The summed E-state index contributed by atoms with van der Waals surface area (Å²) < 4.78 is 21.4. The number of carbonyl (C=O) groups excluding carboxylic acids is 5. The smallest absolute Gasteiger partial charge is 0.306 e. The third-order valence-electron chi connectivity index (χ3n) is 8.30. The first kappa shape index (κ1) is 51.2. The number of nitrogens with one attached hydrogen (secondary N) is 2. The second-order valence-corrected chi connectivity index (χ2v) is 13.8. The van der Waals surface area contributed by atoms with E-state index in [1.807, 2.05) is 0 Å². The fraction of sp³-hybridized carbons (Fsp3) is 0.816. The number of aliphatic carboxylic acids is 2. The van der Waals surface area contributed by atoms with Crippen molar-refractivity contribution >= 4 is 57.0 Å². The van der Waals surface area contributed by atoms with Gasteiger partial charge in [-0.15, -0.1) is 0 Å². The van der Waals surface area contributed by atoms with Crippen LogP contribution in [0.2, 0.25) is 0 Å². The highest BCUT2D eigenvalue weighted by molar-refractivity contribution is 9.09. The number of carboxylic acids is 2. The third-order valence-corrected chi connectivity index (χ3v) is 8.92. The summed E-state index contributed by atoms with van der Waals surface area (Å²) in [6.07, 6.45) is 12.3. The lowest BCUT2D eigenvalue weighted by Gasteiger charge is -2.12. The van der Waals surface area contributed by atoms with Crippen molar-refractivity contribution in [3.63, 3.8) is 0 Å². The van der Waals surface area contributed by atoms with Crippen LogP contribution in [0, 0.1) is 5.92 Å². The number of rotatable bonds is 41. The number of carbonyl (C=O) groups is 7. The number of carboxylic acid groups (broad SMARTS) is 2. The fourth-order valence-electron chi connectivity index (χ4n) is 5.22. The number of ketones is 3. The molecule has 0 saturated heterocycles. The molecule has 0 spiro atoms. The van der Waals surface area contributed by atoms with Crippen molar-refractivity contribution in [2.75, 3.05) is 71.3 Å². The van der Waals surface area contributed by atoms with Crippen LogP contribution in [-0.2, 0) is 52.5 Å². The van der Waals surface area contributed by atoms with Crippen molar-refractivity contribution in [2.45, 2.75) is 122 Å². The molecule has 0 aliphatic heterocycles. The summed E-state index contributed by atoms with van der Waals surface area (Å²) in [6, 6.07) is 0. The molecule has 0 aliphatic rings. The molecule has 54 heavy (non-hydrogen) atoms. The van der Waals surface area contributed by atoms with E-state index in [0.717, 1.165) is 64.2 Å². The number of hydrogen-bond donors (Lipinski definition) is 4. The Labute approximate surface area is 328 Å². The zero-order valence-corrected chi connectivity index (χ0v) is 33.6. The largest absolute Gasteiger partial charge is 0.481 e. The van der Waals surface area contributed by atoms with Crippen LogP contribution in [0.3, 0.4) is 0 Å². The minimum atomic E-state index is -1.08. The molecule has 0 aromatic rings. The summed E-state index contributed by atoms with van der Waals surface area (Å²) in [7, 11) is 0. The van der Waals surface area contributed by atoms with Crippen molar-refractivity contribution in [3.05, 3.63) is 0 Å². The number of amides is 2. The lowest BCUT2D eigenvalue weighted by Crippen LogP contribution is -2.29. The lowest BCUT2D eigenvalue weighted by molar-refractivity contribution is -0.144. The molecule has 0 saturated carbocycles. The average Bonchev–Trinajstić information content (AvgIpc) is 3.13. The number of ether oxygens (including phenoxy) is 4. The van der Waals surface area contributed by atoms with Gasteiger partial charge in [0.05, 0.1) is 44.3 Å². The fourth-order valence-corrected chi connectivity index (χ4v) is 5.50. The predicted octanol–water partition coefficient (Wildman–Crippen LogP) is 4.58. The molecule has 0 unspecified atom stereocenters. The molecule has 0 fully saturated rings. The lowest BCUT2D eigenvalue weighted by atomic mass is 9.94. The second kappa shape index (κ2) is 37.1. The van der Waals surface area contributed by atoms with Crippen LogP contribution < -0.4 is 10.6 Å². The van der Waals surface area contributed by atoms with Gasteiger partial charge in [-0.2, -0.15) is 0 Å². The molecule has 0 bridgehead atoms. The molecular formula is C38H65BrN2O13. The van der Waals surface area contributed by atoms with Gasteiger partial charge in [0.1, 0.15) is 24.8 Å². The van der Waals surface area contributed by atoms with Crippen molar-refractivity contribution in [1.82, 2.24) is 10.6 Å². The Morgan fingerprint density at radius 2 is 1.00 bits per heavy atom. The van der Waals surface area contributed by atoms with Crippen LogP contribution in [0.5, 0.6) is 0 Å². The van der Waals surface area contributed by atoms with Gasteiger partial charge in [-0.05, 0) is 32.1 Å². The van der Waals surface area contributed by atoms with E-state index in [4.69, 9.17) is 24.1 Å². The first-order chi connectivity index (χ1) is 26.0. The summed E-state index contributed by atoms with van der Waals surface area (Å²) in [5.41, 5.74) is 0. The third kappa shape index (κ3) is 36.2. The second-order valence-electron chi connectivity index (χ2n) is 13.2. The van der Waals surface area contributed by atoms with Crippen LogP contribution in [-0.4, -0.2) is 123 Å². The molecule has 4 N–H and O–H groups in total. The summed E-state index contributed by atoms with van der Waals surface area (Å²) in [5, 5.41) is 23.8. The molecule has 0 aliphatic carbocycles. The van der Waals surface area contributed by atoms with Gasteiger partial charge >= 0.3 is 11.9 Å². The van der Waals surface area contributed by atoms with E-state index in [0.29, 0.717) is 57.2 Å². The van der Waals surface area contributed by atoms with Crippen molar-refractivity contribution in [3.8, 4) is 0 Å². The van der Waals surface area contributed by atoms with Crippen molar-refractivity contribution in [2.24, 2.45) is 5.92 Å². The molecule has 0 rings (SSSR count). The standard InChI is InChI=1S/C38H65BrN2O13/c39-28-33(43)14-11-19-40-36(46)30-54-26-23-51-21-12-15-34(44)29-53-25-24-52-22-20-41-35(45)18-17-31(38(49)50)27-32(42)13-9-7-5-3-1-2-4-6-8-10-16-37(47)48/h31H,1-30H2,(H,40,46)(H,41,45)(H,47,48)(H,49,50)/t31-/m1/s1. The Bertz CT molecular complexity index is 1060. The maximum Gasteiger partial charge on any atom is 0.306 e. The Morgan fingerprint density at radius 1 is 0.481 bits per heavy atom. The van der Waals surface area contributed by atoms with Gasteiger partial charge in [0.2, 0.25) is 11.8 Å². The Kier molecular flexibility index (Phi) is 35.2. The van der Waals surface area contributed by atoms with Gasteiger partial charge in [0, 0.05) is 58.2 Å². The maximum absolute atomic E-state index is 12.4. The van der Waals surface area contributed by atoms with E-state index in [1.165, 1.54) is 0 Å². The van der Waals surface area contributed by atoms with Crippen molar-refractivity contribution < 1.29 is 62.7 Å². The molecule has 0 heterocycles. The molecule has 2 amide bonds. The van der Waals surface area contributed by atoms with Gasteiger partial charge in [-0.3, -0.25) is 33.6 Å². The predicted molar refractivity (Wildman–Crippen MR) is 205 cm³/mol. The quantitative estimate of drug-likeness (QED) is 0.0490. The van der Waals surface area contributed by atoms with Gasteiger partial charge in [0.15, 0.2) is 5.78 Å². The summed E-state index contributed by atoms with van der Waals surface area (Å²) in [5.74, 6) is -3.36. The van der Waals surface area contributed by atoms with E-state index < -0.39 is 17.9 Å². The monoisotopic (exact) mass is 836 g/mol. The Hall–Kier alpha value is -2.79. The van der Waals surface area contributed by atoms with Gasteiger partial charge in [-0.25, -0.2) is 0 Å². The SMILES string of the molecule is O=C(O)CCCCCCCCCCCCC(=O)C[C@@H](CCC(=O)NCCOCCOCC(=O)CCCOCCOCC(=O)NCCCC(=O)CBr)C(=O)O. The van der Waals surface area contributed by atoms with Crippen molar-refractivity contribution in [1.29, 1.82) is 0 Å². The Morgan fingerprint density at radius 3 is 1.61 bits per heavy atom. The summed E-state index contributed by atoms with van der Waals surface area (Å²) in [4.78, 5) is 81.5. The van der Waals surface area contributed by atoms with E-state index in [2.05, 4.69) is 26.6 Å². The summed E-state index contributed by atoms with van der Waals surface area (Å²) >= 11 is 3.09. The van der Waals surface area contributed by atoms with E-state index in [9.17, 15) is 38.7 Å². The van der Waals surface area contributed by atoms with E-state index in [-0.39, 0.29) is 101 Å². The number of halogens is 1. The topological polar surface area (TPSA) is 221 Å². The van der Waals surface area contributed by atoms with Crippen LogP contribution >= 0.6 is 15.9 Å². The molecule has 15 nitrogen and oxygen atoms in total. The van der Waals surface area contributed by atoms with Crippen LogP contribution in [0.15, 0.2) is 0 Å². The summed E-state index contributed by atoms with van der Waals surface area (Å²) in [6.45, 7) is 2.11. The van der Waals surface area contributed by atoms with Crippen LogP contribution in [0.4, 0.5) is 0 Å². The van der Waals surface area contributed by atoms with Crippen LogP contribution in [0.1, 0.15) is 122 Å². The minimum Gasteiger partial charge on any atom is -0.481 e. The molecule has 16 heteroatoms. The molecule has 312 valence electrons. The number of Topliss-reactive ketones (excluding diaryl/α,β-unsaturated/α-hetero) is 3. The molecule has 0 radical (unpaired) electrons. The van der Waals surface area contributed by atoms with E-state index >= 15 is 0 Å². The molecule has 1 atom stereocenters. The van der Waals surface area contributed by atoms with Crippen LogP contribution in [0.25, 0.3) is 0 Å². The van der Waals surface area contributed by atoms with Gasteiger partial charge < -0.3 is 39.8 Å². The number of hydrogen-bond acceptors (Lipinski definition) is 11. The normalized spacial score (nSPS) is 11.6. The van der Waals surface area contributed by atoms with Gasteiger partial charge in [0.25, 0.3) is 0 Å². The molecule has 0 aromatic heterocycles. The highest BCUT2D eigenvalue weighted by Crippen LogP contribution is 2.16. The molecule has 0 aromatic carbocycles. The Balaban J connectivity index is 3.67. The number of unbranched alkanes of at least 4 members (excludes halogenated alkanes) is 9. The highest BCUT2D eigenvalue weighted by Gasteiger charge is 2.22. The highest BCUT2D eigenvalue weighted by atomic mass is 79.9. The first-order valence-corrected chi connectivity index (χ1v) is 20.6. The minimum absolute atomic E-state index is 0.00360. The first-order valence-electron chi connectivity index (χ1n) is 19.4. The number of alkyl halides is 1. The van der Waals surface area contributed by atoms with Gasteiger partial charge in [-0.1, -0.05) is 67.3 Å². The maximum atomic E-state index is 12.4. The zero-order valence-electron chi connectivity index (χ0n) is 32.1. The molecular weight excluding hydrogens is 772 g/mol. The van der Waals surface area contributed by atoms with E-state index in [1.54, 1.807) is 0 Å². The average molecular weight is 838 g/mol. The zero-order chi connectivity index (χ0) is 40.1.